The van der Waals surface area contributed by atoms with Gasteiger partial charge in [0.1, 0.15) is 22.8 Å². The Hall–Kier alpha value is -3.53. The van der Waals surface area contributed by atoms with E-state index in [1.54, 1.807) is 19.3 Å². The van der Waals surface area contributed by atoms with Crippen LogP contribution in [0.5, 0.6) is 11.5 Å². The molecule has 0 unspecified atom stereocenters. The van der Waals surface area contributed by atoms with Crippen LogP contribution >= 0.6 is 0 Å². The number of furan rings is 1. The van der Waals surface area contributed by atoms with E-state index < -0.39 is 0 Å². The summed E-state index contributed by atoms with van der Waals surface area (Å²) < 4.78 is 11.2. The number of hydrogen-bond acceptors (Lipinski definition) is 4. The molecule has 1 aromatic heterocycles. The van der Waals surface area contributed by atoms with Crippen LogP contribution in [0, 0.1) is 0 Å². The fourth-order valence-corrected chi connectivity index (χ4v) is 3.10. The number of benzene rings is 3. The Labute approximate surface area is 149 Å². The molecule has 26 heavy (non-hydrogen) atoms. The first-order valence-corrected chi connectivity index (χ1v) is 8.16. The topological polar surface area (TPSA) is 59.7 Å². The molecule has 0 aliphatic rings. The highest BCUT2D eigenvalue weighted by Crippen LogP contribution is 2.37. The highest BCUT2D eigenvalue weighted by molar-refractivity contribution is 6.13. The Morgan fingerprint density at radius 3 is 2.54 bits per heavy atom. The van der Waals surface area contributed by atoms with E-state index in [0.717, 1.165) is 23.0 Å². The van der Waals surface area contributed by atoms with Crippen molar-refractivity contribution in [2.45, 2.75) is 0 Å². The summed E-state index contributed by atoms with van der Waals surface area (Å²) in [5, 5.41) is 12.3. The van der Waals surface area contributed by atoms with Gasteiger partial charge in [0.05, 0.1) is 12.7 Å². The third-order valence-electron chi connectivity index (χ3n) is 4.38. The molecule has 4 rings (SSSR count). The zero-order chi connectivity index (χ0) is 18.1. The molecule has 1 heterocycles. The van der Waals surface area contributed by atoms with E-state index in [0.29, 0.717) is 27.7 Å². The van der Waals surface area contributed by atoms with Gasteiger partial charge >= 0.3 is 0 Å². The molecule has 0 bridgehead atoms. The Kier molecular flexibility index (Phi) is 3.93. The van der Waals surface area contributed by atoms with E-state index in [1.807, 2.05) is 54.6 Å². The Morgan fingerprint density at radius 2 is 1.77 bits per heavy atom. The van der Waals surface area contributed by atoms with Gasteiger partial charge in [-0.25, -0.2) is 0 Å². The van der Waals surface area contributed by atoms with Crippen molar-refractivity contribution < 1.29 is 19.1 Å². The molecule has 0 atom stereocenters. The van der Waals surface area contributed by atoms with E-state index in [9.17, 15) is 9.90 Å². The average Bonchev–Trinajstić information content (AvgIpc) is 3.04. The molecule has 0 radical (unpaired) electrons. The minimum atomic E-state index is 0.125. The monoisotopic (exact) mass is 344 g/mol. The van der Waals surface area contributed by atoms with Gasteiger partial charge in [0, 0.05) is 16.2 Å². The smallest absolute Gasteiger partial charge is 0.154 e. The number of rotatable bonds is 4. The maximum atomic E-state index is 11.7. The van der Waals surface area contributed by atoms with Gasteiger partial charge in [-0.15, -0.1) is 0 Å². The molecular weight excluding hydrogens is 328 g/mol. The van der Waals surface area contributed by atoms with Gasteiger partial charge in [0.2, 0.25) is 0 Å². The van der Waals surface area contributed by atoms with E-state index in [1.165, 1.54) is 0 Å². The Balaban J connectivity index is 1.88. The molecule has 0 saturated carbocycles. The number of carbonyl (C=O) groups excluding carboxylic acids is 1. The number of phenolic OH excluding ortho intramolecular Hbond substituents is 1. The standard InChI is InChI=1S/C22H16O4/c1-25-15-6-4-5-14(11-15)9-10-21-19(13-23)18-12-20(24)16-7-2-3-8-17(16)22(18)26-21/h2-13,24H,1H3/b10-9+. The lowest BCUT2D eigenvalue weighted by molar-refractivity contribution is 0.112. The second kappa shape index (κ2) is 6.41. The van der Waals surface area contributed by atoms with Crippen LogP contribution in [0.2, 0.25) is 0 Å². The number of methoxy groups -OCH3 is 1. The van der Waals surface area contributed by atoms with Crippen molar-refractivity contribution in [1.82, 2.24) is 0 Å². The van der Waals surface area contributed by atoms with E-state index in [-0.39, 0.29) is 5.75 Å². The van der Waals surface area contributed by atoms with E-state index in [2.05, 4.69) is 0 Å². The number of aromatic hydroxyl groups is 1. The van der Waals surface area contributed by atoms with Gasteiger partial charge in [-0.3, -0.25) is 4.79 Å². The fraction of sp³-hybridized carbons (Fsp3) is 0.0455. The predicted octanol–water partition coefficient (Wildman–Crippen LogP) is 5.28. The number of hydrogen-bond donors (Lipinski definition) is 1. The molecule has 0 fully saturated rings. The number of carbonyl (C=O) groups is 1. The summed E-state index contributed by atoms with van der Waals surface area (Å²) in [6.07, 6.45) is 4.37. The van der Waals surface area contributed by atoms with Gasteiger partial charge in [0.25, 0.3) is 0 Å². The first kappa shape index (κ1) is 16.0. The van der Waals surface area contributed by atoms with E-state index in [4.69, 9.17) is 9.15 Å². The molecule has 4 nitrogen and oxygen atoms in total. The second-order valence-corrected chi connectivity index (χ2v) is 5.93. The molecule has 0 aliphatic carbocycles. The summed E-state index contributed by atoms with van der Waals surface area (Å²) in [5.41, 5.74) is 1.93. The second-order valence-electron chi connectivity index (χ2n) is 5.93. The zero-order valence-corrected chi connectivity index (χ0v) is 14.1. The quantitative estimate of drug-likeness (QED) is 0.512. The van der Waals surface area contributed by atoms with Crippen LogP contribution in [0.25, 0.3) is 33.9 Å². The maximum Gasteiger partial charge on any atom is 0.154 e. The maximum absolute atomic E-state index is 11.7. The van der Waals surface area contributed by atoms with Crippen LogP contribution in [-0.4, -0.2) is 18.5 Å². The Morgan fingerprint density at radius 1 is 0.962 bits per heavy atom. The summed E-state index contributed by atoms with van der Waals surface area (Å²) in [6, 6.07) is 16.6. The highest BCUT2D eigenvalue weighted by Gasteiger charge is 2.16. The normalized spacial score (nSPS) is 11.4. The van der Waals surface area contributed by atoms with Crippen LogP contribution in [0.3, 0.4) is 0 Å². The van der Waals surface area contributed by atoms with Crippen LogP contribution in [0.15, 0.2) is 59.0 Å². The zero-order valence-electron chi connectivity index (χ0n) is 14.1. The van der Waals surface area contributed by atoms with Crippen molar-refractivity contribution in [2.24, 2.45) is 0 Å². The van der Waals surface area contributed by atoms with Gasteiger partial charge in [-0.1, -0.05) is 42.5 Å². The number of phenols is 1. The number of fused-ring (bicyclic) bond motifs is 3. The van der Waals surface area contributed by atoms with E-state index >= 15 is 0 Å². The van der Waals surface area contributed by atoms with Gasteiger partial charge in [-0.05, 0) is 29.8 Å². The van der Waals surface area contributed by atoms with Crippen molar-refractivity contribution in [3.05, 3.63) is 71.5 Å². The van der Waals surface area contributed by atoms with Gasteiger partial charge < -0.3 is 14.3 Å². The molecule has 0 aliphatic heterocycles. The van der Waals surface area contributed by atoms with Crippen LogP contribution < -0.4 is 4.74 Å². The summed E-state index contributed by atoms with van der Waals surface area (Å²) in [4.78, 5) is 11.7. The van der Waals surface area contributed by atoms with Crippen molar-refractivity contribution >= 4 is 40.2 Å². The molecular formula is C22H16O4. The summed E-state index contributed by atoms with van der Waals surface area (Å²) in [6.45, 7) is 0. The molecule has 128 valence electrons. The summed E-state index contributed by atoms with van der Waals surface area (Å²) in [5.74, 6) is 1.33. The van der Waals surface area contributed by atoms with Crippen LogP contribution in [0.1, 0.15) is 21.7 Å². The largest absolute Gasteiger partial charge is 0.507 e. The lowest BCUT2D eigenvalue weighted by atomic mass is 10.0. The molecule has 4 heteroatoms. The minimum Gasteiger partial charge on any atom is -0.507 e. The molecule has 4 aromatic rings. The SMILES string of the molecule is COc1cccc(/C=C/c2oc3c(cc(O)c4ccccc43)c2C=O)c1. The minimum absolute atomic E-state index is 0.125. The van der Waals surface area contributed by atoms with Gasteiger partial charge in [0.15, 0.2) is 6.29 Å². The highest BCUT2D eigenvalue weighted by atomic mass is 16.5. The van der Waals surface area contributed by atoms with Crippen molar-refractivity contribution in [3.8, 4) is 11.5 Å². The van der Waals surface area contributed by atoms with Crippen molar-refractivity contribution in [1.29, 1.82) is 0 Å². The van der Waals surface area contributed by atoms with Crippen molar-refractivity contribution in [2.75, 3.05) is 7.11 Å². The molecule has 3 aromatic carbocycles. The predicted molar refractivity (Wildman–Crippen MR) is 103 cm³/mol. The Bertz CT molecular complexity index is 1150. The molecule has 0 spiro atoms. The molecule has 0 saturated heterocycles. The van der Waals surface area contributed by atoms with Crippen molar-refractivity contribution in [3.63, 3.8) is 0 Å². The third-order valence-corrected chi connectivity index (χ3v) is 4.38. The fourth-order valence-electron chi connectivity index (χ4n) is 3.10. The first-order valence-electron chi connectivity index (χ1n) is 8.16. The molecule has 1 N–H and O–H groups in total. The summed E-state index contributed by atoms with van der Waals surface area (Å²) in [7, 11) is 1.62. The molecule has 0 amide bonds. The number of ether oxygens (including phenoxy) is 1. The summed E-state index contributed by atoms with van der Waals surface area (Å²) >= 11 is 0. The first-order chi connectivity index (χ1) is 12.7. The van der Waals surface area contributed by atoms with Crippen LogP contribution in [0.4, 0.5) is 0 Å². The van der Waals surface area contributed by atoms with Crippen LogP contribution in [-0.2, 0) is 0 Å². The lowest BCUT2D eigenvalue weighted by Gasteiger charge is -2.01. The lowest BCUT2D eigenvalue weighted by Crippen LogP contribution is -1.83. The third kappa shape index (κ3) is 2.62. The average molecular weight is 344 g/mol. The number of aldehydes is 1. The van der Waals surface area contributed by atoms with Gasteiger partial charge in [-0.2, -0.15) is 0 Å².